The third-order valence-electron chi connectivity index (χ3n) is 4.96. The maximum Gasteiger partial charge on any atom is 0.435 e. The predicted octanol–water partition coefficient (Wildman–Crippen LogP) is 5.98. The molecule has 0 saturated heterocycles. The lowest BCUT2D eigenvalue weighted by atomic mass is 10.1. The maximum atomic E-state index is 14.6. The molecule has 2 aromatic carbocycles. The number of aryl methyl sites for hydroxylation is 1. The molecule has 0 spiro atoms. The molecule has 0 aliphatic rings. The molecule has 0 fully saturated rings. The van der Waals surface area contributed by atoms with Crippen LogP contribution in [0, 0.1) is 17.5 Å². The highest BCUT2D eigenvalue weighted by molar-refractivity contribution is 7.91. The van der Waals surface area contributed by atoms with Crippen LogP contribution in [0.2, 0.25) is 0 Å². The van der Waals surface area contributed by atoms with E-state index in [1.54, 1.807) is 6.07 Å². The second kappa shape index (κ2) is 9.98. The van der Waals surface area contributed by atoms with Gasteiger partial charge in [-0.05, 0) is 54.8 Å². The molecule has 0 saturated carbocycles. The number of nitrogens with zero attached hydrogens (tertiary/aromatic N) is 2. The molecule has 186 valence electrons. The summed E-state index contributed by atoms with van der Waals surface area (Å²) in [4.78, 5) is 13.2. The van der Waals surface area contributed by atoms with Gasteiger partial charge in [-0.3, -0.25) is 4.79 Å². The average Bonchev–Trinajstić information content (AvgIpc) is 2.74. The Morgan fingerprint density at radius 3 is 2.49 bits per heavy atom. The van der Waals surface area contributed by atoms with Gasteiger partial charge in [0.05, 0.1) is 9.73 Å². The van der Waals surface area contributed by atoms with E-state index in [0.717, 1.165) is 13.3 Å². The Balaban J connectivity index is 2.05. The fourth-order valence-corrected chi connectivity index (χ4v) is 3.98. The van der Waals surface area contributed by atoms with Gasteiger partial charge in [-0.2, -0.15) is 13.2 Å². The molecule has 1 aromatic heterocycles. The number of alkyl halides is 3. The first-order valence-corrected chi connectivity index (χ1v) is 12.3. The SMILES string of the molecule is CCCc1ccc(Oc2nnc(C(F)(F)F)c(C)c2C(=O)Nc2cccc(S(C)(=N)=O)c2)c(F)c1. The van der Waals surface area contributed by atoms with Gasteiger partial charge in [0.25, 0.3) is 11.8 Å². The molecule has 12 heteroatoms. The van der Waals surface area contributed by atoms with Crippen LogP contribution in [0.1, 0.15) is 40.5 Å². The summed E-state index contributed by atoms with van der Waals surface area (Å²) >= 11 is 0. The first-order valence-electron chi connectivity index (χ1n) is 10.4. The van der Waals surface area contributed by atoms with Gasteiger partial charge in [0.2, 0.25) is 0 Å². The molecule has 0 radical (unpaired) electrons. The normalized spacial score (nSPS) is 13.2. The number of carbonyl (C=O) groups excluding carboxylic acids is 1. The Morgan fingerprint density at radius 1 is 1.17 bits per heavy atom. The number of hydrogen-bond donors (Lipinski definition) is 2. The third-order valence-corrected chi connectivity index (χ3v) is 6.12. The molecule has 2 N–H and O–H groups in total. The number of halogens is 4. The molecule has 1 atom stereocenters. The van der Waals surface area contributed by atoms with Crippen LogP contribution in [0.25, 0.3) is 0 Å². The van der Waals surface area contributed by atoms with Gasteiger partial charge in [-0.1, -0.05) is 25.5 Å². The van der Waals surface area contributed by atoms with E-state index in [1.807, 2.05) is 6.92 Å². The summed E-state index contributed by atoms with van der Waals surface area (Å²) in [6.45, 7) is 2.95. The highest BCUT2D eigenvalue weighted by Gasteiger charge is 2.38. The van der Waals surface area contributed by atoms with Crippen LogP contribution in [0.3, 0.4) is 0 Å². The molecule has 0 aliphatic carbocycles. The fourth-order valence-electron chi connectivity index (χ4n) is 3.29. The minimum atomic E-state index is -4.91. The number of anilines is 1. The Morgan fingerprint density at radius 2 is 1.89 bits per heavy atom. The first kappa shape index (κ1) is 26.1. The van der Waals surface area contributed by atoms with E-state index < -0.39 is 50.3 Å². The highest BCUT2D eigenvalue weighted by atomic mass is 32.2. The zero-order valence-electron chi connectivity index (χ0n) is 19.0. The van der Waals surface area contributed by atoms with Crippen molar-refractivity contribution in [1.82, 2.24) is 10.2 Å². The van der Waals surface area contributed by atoms with Crippen molar-refractivity contribution in [3.05, 3.63) is 70.7 Å². The number of amides is 1. The van der Waals surface area contributed by atoms with Crippen LogP contribution in [-0.4, -0.2) is 26.6 Å². The highest BCUT2D eigenvalue weighted by Crippen LogP contribution is 2.35. The molecule has 3 rings (SSSR count). The molecule has 1 amide bonds. The summed E-state index contributed by atoms with van der Waals surface area (Å²) in [5.41, 5.74) is -1.78. The summed E-state index contributed by atoms with van der Waals surface area (Å²) in [5, 5.41) is 8.98. The minimum Gasteiger partial charge on any atom is -0.434 e. The standard InChI is InChI=1S/C23H22F4N4O3S/c1-4-6-14-9-10-18(17(24)11-14)34-22-19(13(2)20(30-31-22)23(25,26)27)21(32)29-15-7-5-8-16(12-15)35(3,28)33/h5,7-12,28H,4,6H2,1-3H3,(H,29,32). The van der Waals surface area contributed by atoms with Gasteiger partial charge in [0.15, 0.2) is 17.3 Å². The van der Waals surface area contributed by atoms with Gasteiger partial charge in [-0.15, -0.1) is 10.2 Å². The summed E-state index contributed by atoms with van der Waals surface area (Å²) < 4.78 is 80.0. The maximum absolute atomic E-state index is 14.6. The van der Waals surface area contributed by atoms with Gasteiger partial charge in [0, 0.05) is 16.8 Å². The van der Waals surface area contributed by atoms with Gasteiger partial charge in [0.1, 0.15) is 5.56 Å². The van der Waals surface area contributed by atoms with Crippen LogP contribution in [0.5, 0.6) is 11.6 Å². The molecule has 1 unspecified atom stereocenters. The molecule has 0 aliphatic heterocycles. The number of nitrogens with one attached hydrogen (secondary N) is 2. The molecule has 35 heavy (non-hydrogen) atoms. The number of rotatable bonds is 7. The minimum absolute atomic E-state index is 0.0835. The number of benzene rings is 2. The van der Waals surface area contributed by atoms with Crippen molar-refractivity contribution >= 4 is 21.3 Å². The van der Waals surface area contributed by atoms with Crippen molar-refractivity contribution in [3.8, 4) is 11.6 Å². The second-order valence-corrected chi connectivity index (χ2v) is 9.95. The molecule has 3 aromatic rings. The molecular weight excluding hydrogens is 488 g/mol. The average molecular weight is 511 g/mol. The van der Waals surface area contributed by atoms with E-state index in [9.17, 15) is 26.6 Å². The lowest BCUT2D eigenvalue weighted by Gasteiger charge is -2.16. The van der Waals surface area contributed by atoms with Gasteiger partial charge < -0.3 is 10.1 Å². The molecular formula is C23H22F4N4O3S. The van der Waals surface area contributed by atoms with Crippen LogP contribution < -0.4 is 10.1 Å². The zero-order chi connectivity index (χ0) is 26.0. The van der Waals surface area contributed by atoms with E-state index in [4.69, 9.17) is 9.52 Å². The Labute approximate surface area is 199 Å². The Kier molecular flexibility index (Phi) is 7.44. The van der Waals surface area contributed by atoms with Crippen LogP contribution in [-0.2, 0) is 22.3 Å². The first-order chi connectivity index (χ1) is 16.3. The molecule has 7 nitrogen and oxygen atoms in total. The summed E-state index contributed by atoms with van der Waals surface area (Å²) in [7, 11) is -3.11. The summed E-state index contributed by atoms with van der Waals surface area (Å²) in [6, 6.07) is 9.67. The van der Waals surface area contributed by atoms with Crippen molar-refractivity contribution in [2.75, 3.05) is 11.6 Å². The van der Waals surface area contributed by atoms with Crippen LogP contribution in [0.15, 0.2) is 47.4 Å². The van der Waals surface area contributed by atoms with E-state index >= 15 is 0 Å². The van der Waals surface area contributed by atoms with E-state index in [0.29, 0.717) is 12.0 Å². The van der Waals surface area contributed by atoms with Gasteiger partial charge in [-0.25, -0.2) is 13.4 Å². The lowest BCUT2D eigenvalue weighted by Crippen LogP contribution is -2.21. The number of ether oxygens (including phenoxy) is 1. The molecule has 0 bridgehead atoms. The number of aromatic nitrogens is 2. The summed E-state index contributed by atoms with van der Waals surface area (Å²) in [5.74, 6) is -2.77. The van der Waals surface area contributed by atoms with E-state index in [1.165, 1.54) is 42.7 Å². The predicted molar refractivity (Wildman–Crippen MR) is 122 cm³/mol. The van der Waals surface area contributed by atoms with Gasteiger partial charge >= 0.3 is 6.18 Å². The van der Waals surface area contributed by atoms with Crippen LogP contribution >= 0.6 is 0 Å². The quantitative estimate of drug-likeness (QED) is 0.381. The van der Waals surface area contributed by atoms with E-state index in [-0.39, 0.29) is 16.3 Å². The Bertz CT molecular complexity index is 1380. The van der Waals surface area contributed by atoms with Crippen molar-refractivity contribution < 1.29 is 31.3 Å². The fraction of sp³-hybridized carbons (Fsp3) is 0.261. The molecule has 1 heterocycles. The topological polar surface area (TPSA) is 105 Å². The van der Waals surface area contributed by atoms with Crippen molar-refractivity contribution in [2.45, 2.75) is 37.8 Å². The van der Waals surface area contributed by atoms with Crippen molar-refractivity contribution in [2.24, 2.45) is 0 Å². The van der Waals surface area contributed by atoms with E-state index in [2.05, 4.69) is 15.5 Å². The Hall–Kier alpha value is -3.54. The summed E-state index contributed by atoms with van der Waals surface area (Å²) in [6.07, 6.45) is -2.32. The van der Waals surface area contributed by atoms with Crippen molar-refractivity contribution in [1.29, 1.82) is 4.78 Å². The second-order valence-electron chi connectivity index (χ2n) is 7.79. The van der Waals surface area contributed by atoms with Crippen molar-refractivity contribution in [3.63, 3.8) is 0 Å². The lowest BCUT2D eigenvalue weighted by molar-refractivity contribution is -0.142. The van der Waals surface area contributed by atoms with Crippen LogP contribution in [0.4, 0.5) is 23.2 Å². The monoisotopic (exact) mass is 510 g/mol. The number of hydrogen-bond acceptors (Lipinski definition) is 6. The zero-order valence-corrected chi connectivity index (χ0v) is 19.8. The largest absolute Gasteiger partial charge is 0.435 e. The smallest absolute Gasteiger partial charge is 0.434 e. The third kappa shape index (κ3) is 6.13. The number of carbonyl (C=O) groups is 1.